The molecule has 0 saturated heterocycles. The molecule has 0 aliphatic rings. The van der Waals surface area contributed by atoms with Crippen molar-refractivity contribution in [2.45, 2.75) is 13.8 Å². The van der Waals surface area contributed by atoms with E-state index in [1.54, 1.807) is 22.7 Å². The van der Waals surface area contributed by atoms with Crippen molar-refractivity contribution in [1.82, 2.24) is 9.97 Å². The molecule has 0 N–H and O–H groups in total. The molecule has 2 aromatic heterocycles. The number of hydrogen-bond donors (Lipinski definition) is 0. The maximum atomic E-state index is 4.73. The minimum Gasteiger partial charge on any atom is -0.241 e. The molecule has 0 aliphatic heterocycles. The van der Waals surface area contributed by atoms with Gasteiger partial charge in [-0.2, -0.15) is 0 Å². The second kappa shape index (κ2) is 4.36. The van der Waals surface area contributed by atoms with Gasteiger partial charge in [0.05, 0.1) is 25.4 Å². The van der Waals surface area contributed by atoms with Crippen molar-refractivity contribution in [3.8, 4) is 10.6 Å². The van der Waals surface area contributed by atoms with Crippen LogP contribution in [0.5, 0.6) is 0 Å². The fraction of sp³-hybridized carbons (Fsp3) is 0.125. The van der Waals surface area contributed by atoms with E-state index >= 15 is 0 Å². The Balaban J connectivity index is 1.90. The van der Waals surface area contributed by atoms with E-state index in [0.29, 0.717) is 0 Å². The average Bonchev–Trinajstić information content (AvgIpc) is 2.99. The lowest BCUT2D eigenvalue weighted by molar-refractivity contribution is 1.35. The second-order valence-corrected chi connectivity index (χ2v) is 7.17. The third-order valence-electron chi connectivity index (χ3n) is 3.29. The number of benzene rings is 2. The quantitative estimate of drug-likeness (QED) is 0.483. The van der Waals surface area contributed by atoms with Gasteiger partial charge in [-0.1, -0.05) is 12.1 Å². The normalized spacial score (nSPS) is 11.5. The summed E-state index contributed by atoms with van der Waals surface area (Å²) in [5, 5.41) is 2.18. The molecule has 0 aliphatic carbocycles. The van der Waals surface area contributed by atoms with E-state index < -0.39 is 0 Å². The van der Waals surface area contributed by atoms with Crippen LogP contribution >= 0.6 is 22.7 Å². The van der Waals surface area contributed by atoms with Gasteiger partial charge in [0.15, 0.2) is 0 Å². The van der Waals surface area contributed by atoms with E-state index in [4.69, 9.17) is 4.98 Å². The predicted octanol–water partition coefficient (Wildman–Crippen LogP) is 5.19. The Morgan fingerprint density at radius 2 is 1.70 bits per heavy atom. The van der Waals surface area contributed by atoms with Crippen LogP contribution in [-0.2, 0) is 0 Å². The molecule has 0 atom stereocenters. The highest BCUT2D eigenvalue weighted by molar-refractivity contribution is 7.21. The highest BCUT2D eigenvalue weighted by Crippen LogP contribution is 2.33. The lowest BCUT2D eigenvalue weighted by Gasteiger charge is -1.95. The Labute approximate surface area is 124 Å². The van der Waals surface area contributed by atoms with Gasteiger partial charge in [0.1, 0.15) is 5.01 Å². The third kappa shape index (κ3) is 1.92. The van der Waals surface area contributed by atoms with E-state index in [1.165, 1.54) is 15.0 Å². The molecule has 0 fully saturated rings. The summed E-state index contributed by atoms with van der Waals surface area (Å²) >= 11 is 3.48. The Bertz CT molecular complexity index is 934. The van der Waals surface area contributed by atoms with Crippen LogP contribution in [0.2, 0.25) is 0 Å². The molecule has 2 nitrogen and oxygen atoms in total. The molecule has 0 saturated carbocycles. The molecule has 98 valence electrons. The number of hydrogen-bond acceptors (Lipinski definition) is 4. The van der Waals surface area contributed by atoms with Crippen molar-refractivity contribution in [2.75, 3.05) is 0 Å². The van der Waals surface area contributed by atoms with E-state index in [-0.39, 0.29) is 0 Å². The lowest BCUT2D eigenvalue weighted by atomic mass is 10.2. The van der Waals surface area contributed by atoms with E-state index in [0.717, 1.165) is 26.6 Å². The standard InChI is InChI=1S/C16H12N2S2/c1-9-3-5-12-15(7-9)20-16(18-12)11-4-6-14-13(8-11)17-10(2)19-14/h3-8H,1-2H3. The van der Waals surface area contributed by atoms with Gasteiger partial charge in [0.2, 0.25) is 0 Å². The van der Waals surface area contributed by atoms with E-state index in [1.807, 2.05) is 6.92 Å². The maximum absolute atomic E-state index is 4.73. The van der Waals surface area contributed by atoms with Gasteiger partial charge in [-0.25, -0.2) is 9.97 Å². The smallest absolute Gasteiger partial charge is 0.124 e. The van der Waals surface area contributed by atoms with Gasteiger partial charge in [-0.3, -0.25) is 0 Å². The first-order chi connectivity index (χ1) is 9.69. The van der Waals surface area contributed by atoms with Crippen molar-refractivity contribution in [2.24, 2.45) is 0 Å². The van der Waals surface area contributed by atoms with Crippen molar-refractivity contribution >= 4 is 43.1 Å². The second-order valence-electron chi connectivity index (χ2n) is 4.91. The Morgan fingerprint density at radius 3 is 2.60 bits per heavy atom. The van der Waals surface area contributed by atoms with Crippen LogP contribution in [0, 0.1) is 13.8 Å². The molecule has 0 unspecified atom stereocenters. The summed E-state index contributed by atoms with van der Waals surface area (Å²) < 4.78 is 2.48. The van der Waals surface area contributed by atoms with Gasteiger partial charge in [-0.05, 0) is 43.7 Å². The SMILES string of the molecule is Cc1ccc2nc(-c3ccc4sc(C)nc4c3)sc2c1. The van der Waals surface area contributed by atoms with Gasteiger partial charge in [0.25, 0.3) is 0 Å². The van der Waals surface area contributed by atoms with Crippen LogP contribution in [0.3, 0.4) is 0 Å². The van der Waals surface area contributed by atoms with Gasteiger partial charge < -0.3 is 0 Å². The van der Waals surface area contributed by atoms with Crippen molar-refractivity contribution in [3.05, 3.63) is 47.0 Å². The number of thiazole rings is 2. The first-order valence-electron chi connectivity index (χ1n) is 6.44. The van der Waals surface area contributed by atoms with Gasteiger partial charge in [0, 0.05) is 5.56 Å². The number of rotatable bonds is 1. The van der Waals surface area contributed by atoms with Crippen LogP contribution in [0.4, 0.5) is 0 Å². The Hall–Kier alpha value is -1.78. The summed E-state index contributed by atoms with van der Waals surface area (Å²) in [6.45, 7) is 4.16. The first kappa shape index (κ1) is 12.0. The summed E-state index contributed by atoms with van der Waals surface area (Å²) in [5.74, 6) is 0. The molecule has 2 aromatic carbocycles. The number of aryl methyl sites for hydroxylation is 2. The zero-order valence-electron chi connectivity index (χ0n) is 11.2. The number of nitrogens with zero attached hydrogens (tertiary/aromatic N) is 2. The monoisotopic (exact) mass is 296 g/mol. The van der Waals surface area contributed by atoms with Gasteiger partial charge >= 0.3 is 0 Å². The predicted molar refractivity (Wildman–Crippen MR) is 87.7 cm³/mol. The van der Waals surface area contributed by atoms with Crippen LogP contribution in [0.1, 0.15) is 10.6 Å². The fourth-order valence-corrected chi connectivity index (χ4v) is 4.20. The van der Waals surface area contributed by atoms with Crippen LogP contribution in [0.25, 0.3) is 31.0 Å². The van der Waals surface area contributed by atoms with Crippen LogP contribution < -0.4 is 0 Å². The third-order valence-corrected chi connectivity index (χ3v) is 5.30. The molecule has 0 amide bonds. The summed E-state index contributed by atoms with van der Waals surface area (Å²) in [4.78, 5) is 9.29. The highest BCUT2D eigenvalue weighted by Gasteiger charge is 2.08. The molecule has 0 radical (unpaired) electrons. The number of aromatic nitrogens is 2. The summed E-state index contributed by atoms with van der Waals surface area (Å²) in [6, 6.07) is 12.8. The molecular formula is C16H12N2S2. The van der Waals surface area contributed by atoms with Crippen molar-refractivity contribution in [3.63, 3.8) is 0 Å². The minimum atomic E-state index is 1.07. The fourth-order valence-electron chi connectivity index (χ4n) is 2.33. The topological polar surface area (TPSA) is 25.8 Å². The highest BCUT2D eigenvalue weighted by atomic mass is 32.1. The molecule has 4 rings (SSSR count). The van der Waals surface area contributed by atoms with Crippen LogP contribution in [-0.4, -0.2) is 9.97 Å². The Kier molecular flexibility index (Phi) is 2.62. The summed E-state index contributed by atoms with van der Waals surface area (Å²) in [6.07, 6.45) is 0. The van der Waals surface area contributed by atoms with E-state index in [9.17, 15) is 0 Å². The number of fused-ring (bicyclic) bond motifs is 2. The van der Waals surface area contributed by atoms with Crippen LogP contribution in [0.15, 0.2) is 36.4 Å². The van der Waals surface area contributed by atoms with Crippen molar-refractivity contribution < 1.29 is 0 Å². The first-order valence-corrected chi connectivity index (χ1v) is 8.07. The average molecular weight is 296 g/mol. The largest absolute Gasteiger partial charge is 0.241 e. The zero-order valence-corrected chi connectivity index (χ0v) is 12.8. The molecule has 4 aromatic rings. The summed E-state index contributed by atoms with van der Waals surface area (Å²) in [7, 11) is 0. The van der Waals surface area contributed by atoms with E-state index in [2.05, 4.69) is 48.3 Å². The summed E-state index contributed by atoms with van der Waals surface area (Å²) in [5.41, 5.74) is 4.57. The molecule has 2 heterocycles. The van der Waals surface area contributed by atoms with Crippen molar-refractivity contribution in [1.29, 1.82) is 0 Å². The maximum Gasteiger partial charge on any atom is 0.124 e. The molecule has 20 heavy (non-hydrogen) atoms. The molecule has 0 bridgehead atoms. The molecule has 0 spiro atoms. The Morgan fingerprint density at radius 1 is 0.800 bits per heavy atom. The lowest BCUT2D eigenvalue weighted by Crippen LogP contribution is -1.76. The molecule has 4 heteroatoms. The molecular weight excluding hydrogens is 284 g/mol. The zero-order chi connectivity index (χ0) is 13.7. The minimum absolute atomic E-state index is 1.07. The van der Waals surface area contributed by atoms with Gasteiger partial charge in [-0.15, -0.1) is 22.7 Å².